The summed E-state index contributed by atoms with van der Waals surface area (Å²) < 4.78 is 11.1. The van der Waals surface area contributed by atoms with Crippen molar-refractivity contribution in [2.24, 2.45) is 5.92 Å². The zero-order valence-electron chi connectivity index (χ0n) is 10.6. The first kappa shape index (κ1) is 11.8. The maximum atomic E-state index is 9.40. The molecule has 2 heterocycles. The Kier molecular flexibility index (Phi) is 3.14. The summed E-state index contributed by atoms with van der Waals surface area (Å²) >= 11 is 0. The molecule has 4 nitrogen and oxygen atoms in total. The summed E-state index contributed by atoms with van der Waals surface area (Å²) in [7, 11) is 0. The van der Waals surface area contributed by atoms with E-state index in [1.807, 2.05) is 6.07 Å². The molecule has 3 unspecified atom stereocenters. The van der Waals surface area contributed by atoms with Gasteiger partial charge >= 0.3 is 0 Å². The Bertz CT molecular complexity index is 435. The fourth-order valence-corrected chi connectivity index (χ4v) is 2.71. The lowest BCUT2D eigenvalue weighted by molar-refractivity contribution is 0.104. The van der Waals surface area contributed by atoms with Crippen molar-refractivity contribution in [2.75, 3.05) is 19.8 Å². The molecule has 0 saturated carbocycles. The number of ether oxygens (including phenoxy) is 2. The third-order valence-corrected chi connectivity index (χ3v) is 3.94. The van der Waals surface area contributed by atoms with E-state index in [1.54, 1.807) is 12.1 Å². The molecule has 0 aliphatic carbocycles. The topological polar surface area (TPSA) is 50.7 Å². The zero-order chi connectivity index (χ0) is 12.5. The standard InChI is InChI=1S/C14H19NO3/c1-9-10(4-5-17-9)7-15-13-8-18-14-6-11(16)2-3-12(13)14/h2-3,6,9-10,13,15-16H,4-5,7-8H2,1H3. The first-order chi connectivity index (χ1) is 8.74. The van der Waals surface area contributed by atoms with Gasteiger partial charge in [0.1, 0.15) is 18.1 Å². The molecule has 2 N–H and O–H groups in total. The van der Waals surface area contributed by atoms with Gasteiger partial charge in [-0.25, -0.2) is 0 Å². The van der Waals surface area contributed by atoms with Crippen LogP contribution in [0.2, 0.25) is 0 Å². The van der Waals surface area contributed by atoms with Crippen LogP contribution in [0.1, 0.15) is 24.9 Å². The molecule has 3 atom stereocenters. The molecule has 0 radical (unpaired) electrons. The van der Waals surface area contributed by atoms with Crippen molar-refractivity contribution < 1.29 is 14.6 Å². The molecule has 1 aromatic rings. The van der Waals surface area contributed by atoms with E-state index in [0.29, 0.717) is 18.6 Å². The second-order valence-corrected chi connectivity index (χ2v) is 5.12. The lowest BCUT2D eigenvalue weighted by Gasteiger charge is -2.18. The molecule has 1 aromatic carbocycles. The third-order valence-electron chi connectivity index (χ3n) is 3.94. The van der Waals surface area contributed by atoms with Crippen molar-refractivity contribution in [3.63, 3.8) is 0 Å². The van der Waals surface area contributed by atoms with Gasteiger partial charge in [-0.3, -0.25) is 0 Å². The van der Waals surface area contributed by atoms with Crippen LogP contribution in [-0.4, -0.2) is 31.0 Å². The molecule has 2 aliphatic heterocycles. The average Bonchev–Trinajstić information content (AvgIpc) is 2.93. The van der Waals surface area contributed by atoms with Gasteiger partial charge in [-0.15, -0.1) is 0 Å². The Morgan fingerprint density at radius 2 is 2.33 bits per heavy atom. The van der Waals surface area contributed by atoms with Crippen molar-refractivity contribution in [1.82, 2.24) is 5.32 Å². The van der Waals surface area contributed by atoms with Crippen LogP contribution in [0.5, 0.6) is 11.5 Å². The minimum atomic E-state index is 0.230. The van der Waals surface area contributed by atoms with E-state index in [4.69, 9.17) is 9.47 Å². The lowest BCUT2D eigenvalue weighted by Crippen LogP contribution is -2.31. The van der Waals surface area contributed by atoms with E-state index < -0.39 is 0 Å². The Hall–Kier alpha value is -1.26. The van der Waals surface area contributed by atoms with Crippen molar-refractivity contribution in [3.8, 4) is 11.5 Å². The van der Waals surface area contributed by atoms with Crippen molar-refractivity contribution in [3.05, 3.63) is 23.8 Å². The summed E-state index contributed by atoms with van der Waals surface area (Å²) in [5.41, 5.74) is 1.14. The summed E-state index contributed by atoms with van der Waals surface area (Å²) in [5.74, 6) is 1.64. The van der Waals surface area contributed by atoms with Gasteiger partial charge in [-0.2, -0.15) is 0 Å². The van der Waals surface area contributed by atoms with Gasteiger partial charge in [0.2, 0.25) is 0 Å². The average molecular weight is 249 g/mol. The maximum absolute atomic E-state index is 9.40. The fraction of sp³-hybridized carbons (Fsp3) is 0.571. The number of phenols is 1. The number of phenolic OH excluding ortho intramolecular Hbond substituents is 1. The van der Waals surface area contributed by atoms with Gasteiger partial charge in [-0.1, -0.05) is 0 Å². The Labute approximate surface area is 107 Å². The molecule has 1 fully saturated rings. The fourth-order valence-electron chi connectivity index (χ4n) is 2.71. The summed E-state index contributed by atoms with van der Waals surface area (Å²) in [6.07, 6.45) is 1.48. The van der Waals surface area contributed by atoms with Gasteiger partial charge < -0.3 is 19.9 Å². The van der Waals surface area contributed by atoms with Crippen LogP contribution in [0.25, 0.3) is 0 Å². The van der Waals surface area contributed by atoms with E-state index in [1.165, 1.54) is 0 Å². The maximum Gasteiger partial charge on any atom is 0.127 e. The van der Waals surface area contributed by atoms with Crippen molar-refractivity contribution >= 4 is 0 Å². The minimum absolute atomic E-state index is 0.230. The number of rotatable bonds is 3. The predicted octanol–water partition coefficient (Wildman–Crippen LogP) is 1.84. The van der Waals surface area contributed by atoms with Gasteiger partial charge in [-0.05, 0) is 31.4 Å². The molecule has 4 heteroatoms. The molecule has 98 valence electrons. The largest absolute Gasteiger partial charge is 0.508 e. The van der Waals surface area contributed by atoms with Crippen LogP contribution in [0.3, 0.4) is 0 Å². The van der Waals surface area contributed by atoms with E-state index in [2.05, 4.69) is 12.2 Å². The molecule has 1 saturated heterocycles. The smallest absolute Gasteiger partial charge is 0.127 e. The Morgan fingerprint density at radius 3 is 3.11 bits per heavy atom. The van der Waals surface area contributed by atoms with Crippen molar-refractivity contribution in [1.29, 1.82) is 0 Å². The highest BCUT2D eigenvalue weighted by Gasteiger charge is 2.28. The predicted molar refractivity (Wildman–Crippen MR) is 67.9 cm³/mol. The summed E-state index contributed by atoms with van der Waals surface area (Å²) in [4.78, 5) is 0. The third kappa shape index (κ3) is 2.18. The van der Waals surface area contributed by atoms with Crippen LogP contribution < -0.4 is 10.1 Å². The molecule has 0 amide bonds. The van der Waals surface area contributed by atoms with Gasteiger partial charge in [0.05, 0.1) is 12.1 Å². The highest BCUT2D eigenvalue weighted by molar-refractivity contribution is 5.44. The van der Waals surface area contributed by atoms with Crippen LogP contribution in [0, 0.1) is 5.92 Å². The van der Waals surface area contributed by atoms with E-state index >= 15 is 0 Å². The number of aromatic hydroxyl groups is 1. The number of hydrogen-bond donors (Lipinski definition) is 2. The van der Waals surface area contributed by atoms with E-state index in [9.17, 15) is 5.11 Å². The second-order valence-electron chi connectivity index (χ2n) is 5.12. The van der Waals surface area contributed by atoms with E-state index in [0.717, 1.165) is 30.9 Å². The number of nitrogens with one attached hydrogen (secondary N) is 1. The van der Waals surface area contributed by atoms with Gasteiger partial charge in [0.25, 0.3) is 0 Å². The van der Waals surface area contributed by atoms with Crippen LogP contribution in [0.4, 0.5) is 0 Å². The molecule has 2 aliphatic rings. The van der Waals surface area contributed by atoms with Crippen LogP contribution in [0.15, 0.2) is 18.2 Å². The number of benzene rings is 1. The Morgan fingerprint density at radius 1 is 1.44 bits per heavy atom. The molecule has 0 bridgehead atoms. The summed E-state index contributed by atoms with van der Waals surface area (Å²) in [5, 5.41) is 12.9. The van der Waals surface area contributed by atoms with Crippen LogP contribution in [-0.2, 0) is 4.74 Å². The van der Waals surface area contributed by atoms with E-state index in [-0.39, 0.29) is 11.8 Å². The first-order valence-corrected chi connectivity index (χ1v) is 6.55. The minimum Gasteiger partial charge on any atom is -0.508 e. The molecular weight excluding hydrogens is 230 g/mol. The summed E-state index contributed by atoms with van der Waals surface area (Å²) in [6, 6.07) is 5.56. The molecule has 0 aromatic heterocycles. The molecule has 18 heavy (non-hydrogen) atoms. The SMILES string of the molecule is CC1OCCC1CNC1COc2cc(O)ccc21. The monoisotopic (exact) mass is 249 g/mol. The van der Waals surface area contributed by atoms with Crippen molar-refractivity contribution in [2.45, 2.75) is 25.5 Å². The van der Waals surface area contributed by atoms with Gasteiger partial charge in [0.15, 0.2) is 0 Å². The molecular formula is C14H19NO3. The first-order valence-electron chi connectivity index (χ1n) is 6.55. The lowest BCUT2D eigenvalue weighted by atomic mass is 10.0. The highest BCUT2D eigenvalue weighted by atomic mass is 16.5. The number of hydrogen-bond acceptors (Lipinski definition) is 4. The normalized spacial score (nSPS) is 30.2. The quantitative estimate of drug-likeness (QED) is 0.858. The highest BCUT2D eigenvalue weighted by Crippen LogP contribution is 2.35. The van der Waals surface area contributed by atoms with Gasteiger partial charge in [0, 0.05) is 24.8 Å². The molecule has 0 spiro atoms. The van der Waals surface area contributed by atoms with Crippen LogP contribution >= 0.6 is 0 Å². The second kappa shape index (κ2) is 4.78. The summed E-state index contributed by atoms with van der Waals surface area (Å²) in [6.45, 7) is 4.60. The zero-order valence-corrected chi connectivity index (χ0v) is 10.6. The Balaban J connectivity index is 1.62. The molecule has 3 rings (SSSR count). The number of fused-ring (bicyclic) bond motifs is 1.